The fraction of sp³-hybridized carbons (Fsp3) is 0.238. The summed E-state index contributed by atoms with van der Waals surface area (Å²) in [6.45, 7) is 3.39. The van der Waals surface area contributed by atoms with E-state index in [0.717, 1.165) is 15.8 Å². The Kier molecular flexibility index (Phi) is 5.72. The summed E-state index contributed by atoms with van der Waals surface area (Å²) < 4.78 is 1.64. The van der Waals surface area contributed by atoms with Gasteiger partial charge in [-0.3, -0.25) is 14.3 Å². The number of para-hydroxylation sites is 1. The second-order valence-corrected chi connectivity index (χ2v) is 6.80. The number of carboxylic acids is 2. The molecule has 0 aliphatic carbocycles. The topological polar surface area (TPSA) is 122 Å². The highest BCUT2D eigenvalue weighted by atomic mass is 16.4. The fourth-order valence-electron chi connectivity index (χ4n) is 3.40. The van der Waals surface area contributed by atoms with Crippen molar-refractivity contribution in [3.05, 3.63) is 69.5 Å². The minimum absolute atomic E-state index is 0.0311. The van der Waals surface area contributed by atoms with E-state index in [1.165, 1.54) is 23.1 Å². The molecule has 2 aromatic carbocycles. The molecule has 3 aromatic rings. The van der Waals surface area contributed by atoms with E-state index in [-0.39, 0.29) is 29.6 Å². The van der Waals surface area contributed by atoms with Gasteiger partial charge in [0, 0.05) is 13.1 Å². The molecule has 1 amide bonds. The molecule has 0 aliphatic rings. The van der Waals surface area contributed by atoms with Crippen LogP contribution >= 0.6 is 0 Å². The lowest BCUT2D eigenvalue weighted by Gasteiger charge is -2.23. The van der Waals surface area contributed by atoms with Crippen LogP contribution in [0.1, 0.15) is 28.4 Å². The maximum absolute atomic E-state index is 13.3. The molecule has 0 atom stereocenters. The van der Waals surface area contributed by atoms with Crippen LogP contribution in [0.2, 0.25) is 0 Å². The van der Waals surface area contributed by atoms with Gasteiger partial charge in [-0.2, -0.15) is 4.68 Å². The van der Waals surface area contributed by atoms with E-state index in [2.05, 4.69) is 0 Å². The summed E-state index contributed by atoms with van der Waals surface area (Å²) in [5, 5.41) is 18.8. The summed E-state index contributed by atoms with van der Waals surface area (Å²) in [6.07, 6.45) is 0. The molecule has 1 aromatic heterocycles. The third-order valence-corrected chi connectivity index (χ3v) is 4.93. The monoisotopic (exact) mass is 411 g/mol. The molecule has 0 spiro atoms. The highest BCUT2D eigenvalue weighted by molar-refractivity contribution is 6.03. The molecule has 0 radical (unpaired) electrons. The summed E-state index contributed by atoms with van der Waals surface area (Å²) in [4.78, 5) is 50.8. The molecule has 156 valence electrons. The number of carboxylic acid groups (broad SMARTS) is 2. The Morgan fingerprint density at radius 3 is 2.33 bits per heavy atom. The number of fused-ring (bicyclic) bond motifs is 1. The molecular formula is C21H21N3O6. The second-order valence-electron chi connectivity index (χ2n) is 6.80. The van der Waals surface area contributed by atoms with Gasteiger partial charge >= 0.3 is 18.0 Å². The third-order valence-electron chi connectivity index (χ3n) is 4.93. The van der Waals surface area contributed by atoms with E-state index in [1.54, 1.807) is 6.92 Å². The van der Waals surface area contributed by atoms with Crippen molar-refractivity contribution < 1.29 is 24.6 Å². The molecule has 9 nitrogen and oxygen atoms in total. The number of aliphatic carboxylic acids is 1. The van der Waals surface area contributed by atoms with Crippen molar-refractivity contribution in [3.63, 3.8) is 0 Å². The first kappa shape index (κ1) is 20.8. The maximum Gasteiger partial charge on any atom is 0.346 e. The Labute approximate surface area is 171 Å². The van der Waals surface area contributed by atoms with Gasteiger partial charge in [0.1, 0.15) is 6.54 Å². The summed E-state index contributed by atoms with van der Waals surface area (Å²) in [7, 11) is 0. The van der Waals surface area contributed by atoms with Crippen LogP contribution < -0.4 is 5.56 Å². The third kappa shape index (κ3) is 3.69. The minimum atomic E-state index is -1.32. The number of aromatic carboxylic acids is 1. The number of rotatable bonds is 6. The number of aromatic nitrogens is 2. The number of hydrogen-bond donors (Lipinski definition) is 2. The van der Waals surface area contributed by atoms with Crippen molar-refractivity contribution in [1.82, 2.24) is 14.3 Å². The van der Waals surface area contributed by atoms with Crippen molar-refractivity contribution in [2.75, 3.05) is 6.54 Å². The molecule has 30 heavy (non-hydrogen) atoms. The second kappa shape index (κ2) is 8.24. The van der Waals surface area contributed by atoms with Crippen LogP contribution in [0.15, 0.2) is 47.3 Å². The maximum atomic E-state index is 13.3. The summed E-state index contributed by atoms with van der Waals surface area (Å²) in [6, 6.07) is 10.8. The number of carbonyl (C=O) groups is 3. The first-order valence-corrected chi connectivity index (χ1v) is 9.29. The van der Waals surface area contributed by atoms with Crippen LogP contribution in [0.3, 0.4) is 0 Å². The van der Waals surface area contributed by atoms with Crippen molar-refractivity contribution in [2.45, 2.75) is 26.9 Å². The highest BCUT2D eigenvalue weighted by Gasteiger charge is 2.27. The zero-order valence-electron chi connectivity index (χ0n) is 16.5. The van der Waals surface area contributed by atoms with E-state index in [4.69, 9.17) is 0 Å². The minimum Gasteiger partial charge on any atom is -0.480 e. The molecule has 9 heteroatoms. The molecule has 0 unspecified atom stereocenters. The van der Waals surface area contributed by atoms with Gasteiger partial charge in [-0.05, 0) is 37.1 Å². The van der Waals surface area contributed by atoms with Gasteiger partial charge in [-0.25, -0.2) is 9.59 Å². The van der Waals surface area contributed by atoms with Crippen LogP contribution in [-0.2, 0) is 17.9 Å². The van der Waals surface area contributed by atoms with E-state index in [0.29, 0.717) is 4.68 Å². The van der Waals surface area contributed by atoms with Crippen LogP contribution in [0, 0.1) is 6.92 Å². The zero-order valence-corrected chi connectivity index (χ0v) is 16.5. The van der Waals surface area contributed by atoms with Gasteiger partial charge in [0.2, 0.25) is 0 Å². The van der Waals surface area contributed by atoms with E-state index >= 15 is 0 Å². The Morgan fingerprint density at radius 1 is 1.03 bits per heavy atom. The number of aryl methyl sites for hydroxylation is 1. The average Bonchev–Trinajstić information content (AvgIpc) is 2.98. The number of hydrogen-bond acceptors (Lipinski definition) is 4. The Balaban J connectivity index is 2.19. The Bertz CT molecular complexity index is 1210. The summed E-state index contributed by atoms with van der Waals surface area (Å²) in [5.41, 5.74) is 0.739. The zero-order chi connectivity index (χ0) is 22.0. The van der Waals surface area contributed by atoms with E-state index in [9.17, 15) is 29.4 Å². The molecule has 0 aliphatic heterocycles. The highest BCUT2D eigenvalue weighted by Crippen LogP contribution is 2.19. The molecule has 0 fully saturated rings. The van der Waals surface area contributed by atoms with Gasteiger partial charge in [0.05, 0.1) is 16.5 Å². The molecule has 0 saturated heterocycles. The van der Waals surface area contributed by atoms with Gasteiger partial charge in [-0.15, -0.1) is 0 Å². The first-order chi connectivity index (χ1) is 14.3. The van der Waals surface area contributed by atoms with Crippen LogP contribution in [0.4, 0.5) is 4.79 Å². The molecule has 0 saturated carbocycles. The average molecular weight is 411 g/mol. The predicted octanol–water partition coefficient (Wildman–Crippen LogP) is 2.38. The Hall–Kier alpha value is -3.88. The predicted molar refractivity (Wildman–Crippen MR) is 109 cm³/mol. The Morgan fingerprint density at radius 2 is 1.73 bits per heavy atom. The van der Waals surface area contributed by atoms with Gasteiger partial charge in [0.15, 0.2) is 0 Å². The van der Waals surface area contributed by atoms with Crippen molar-refractivity contribution in [2.24, 2.45) is 0 Å². The quantitative estimate of drug-likeness (QED) is 0.642. The van der Waals surface area contributed by atoms with Crippen molar-refractivity contribution in [1.29, 1.82) is 0 Å². The summed E-state index contributed by atoms with van der Waals surface area (Å²) >= 11 is 0. The lowest BCUT2D eigenvalue weighted by molar-refractivity contribution is -0.137. The SMILES string of the molecule is CCN(Cc1ccccc1C)C(=O)n1c(=O)c2cccc(C(=O)O)c2n1CC(=O)O. The van der Waals surface area contributed by atoms with E-state index in [1.807, 2.05) is 31.2 Å². The van der Waals surface area contributed by atoms with Crippen molar-refractivity contribution in [3.8, 4) is 0 Å². The smallest absolute Gasteiger partial charge is 0.346 e. The molecule has 1 heterocycles. The van der Waals surface area contributed by atoms with Crippen LogP contribution in [0.5, 0.6) is 0 Å². The lowest BCUT2D eigenvalue weighted by atomic mass is 10.1. The van der Waals surface area contributed by atoms with Crippen LogP contribution in [0.25, 0.3) is 10.9 Å². The molecule has 2 N–H and O–H groups in total. The van der Waals surface area contributed by atoms with Gasteiger partial charge in [-0.1, -0.05) is 30.3 Å². The number of nitrogens with zero attached hydrogens (tertiary/aromatic N) is 3. The van der Waals surface area contributed by atoms with Crippen LogP contribution in [-0.4, -0.2) is 49.0 Å². The normalized spacial score (nSPS) is 10.9. The molecule has 3 rings (SSSR count). The lowest BCUT2D eigenvalue weighted by Crippen LogP contribution is -2.42. The van der Waals surface area contributed by atoms with Gasteiger partial charge < -0.3 is 15.1 Å². The fourth-order valence-corrected chi connectivity index (χ4v) is 3.40. The number of carbonyl (C=O) groups excluding carboxylic acids is 1. The summed E-state index contributed by atoms with van der Waals surface area (Å²) in [5.74, 6) is -2.63. The van der Waals surface area contributed by atoms with Crippen molar-refractivity contribution >= 4 is 28.9 Å². The first-order valence-electron chi connectivity index (χ1n) is 9.29. The van der Waals surface area contributed by atoms with Gasteiger partial charge in [0.25, 0.3) is 5.56 Å². The molecular weight excluding hydrogens is 390 g/mol. The number of benzene rings is 2. The largest absolute Gasteiger partial charge is 0.480 e. The molecule has 0 bridgehead atoms. The number of amides is 1. The standard InChI is InChI=1S/C21H21N3O6/c1-3-22(11-14-8-5-4-7-13(14)2)21(30)24-19(27)15-9-6-10-16(20(28)29)18(15)23(24)12-17(25)26/h4-10H,3,11-12H2,1-2H3,(H,25,26)(H,28,29). The van der Waals surface area contributed by atoms with E-state index < -0.39 is 30.1 Å².